The van der Waals surface area contributed by atoms with E-state index in [4.69, 9.17) is 4.74 Å². The molecule has 2 aromatic carbocycles. The van der Waals surface area contributed by atoms with Gasteiger partial charge in [-0.2, -0.15) is 13.2 Å². The fourth-order valence-corrected chi connectivity index (χ4v) is 3.72. The fourth-order valence-electron chi connectivity index (χ4n) is 3.72. The number of nitrogens with one attached hydrogen (secondary N) is 1. The van der Waals surface area contributed by atoms with Crippen molar-refractivity contribution in [3.63, 3.8) is 0 Å². The van der Waals surface area contributed by atoms with Gasteiger partial charge in [0, 0.05) is 12.1 Å². The molecule has 0 aliphatic carbocycles. The van der Waals surface area contributed by atoms with Gasteiger partial charge >= 0.3 is 6.18 Å². The molecule has 1 atom stereocenters. The largest absolute Gasteiger partial charge is 0.494 e. The van der Waals surface area contributed by atoms with Crippen molar-refractivity contribution in [2.24, 2.45) is 0 Å². The second kappa shape index (κ2) is 9.34. The van der Waals surface area contributed by atoms with Crippen LogP contribution >= 0.6 is 0 Å². The maximum Gasteiger partial charge on any atom is 0.416 e. The molecule has 10 heteroatoms. The first-order valence-corrected chi connectivity index (χ1v) is 9.72. The lowest BCUT2D eigenvalue weighted by Gasteiger charge is -2.35. The summed E-state index contributed by atoms with van der Waals surface area (Å²) in [6.07, 6.45) is -1.86. The van der Waals surface area contributed by atoms with E-state index in [-0.39, 0.29) is 29.9 Å². The summed E-state index contributed by atoms with van der Waals surface area (Å²) in [5, 5.41) is 13.6. The van der Waals surface area contributed by atoms with Crippen LogP contribution in [-0.2, 0) is 11.0 Å². The number of halogens is 3. The van der Waals surface area contributed by atoms with Gasteiger partial charge in [-0.1, -0.05) is 18.6 Å². The van der Waals surface area contributed by atoms with E-state index in [2.05, 4.69) is 5.32 Å². The number of amides is 1. The van der Waals surface area contributed by atoms with Crippen molar-refractivity contribution in [2.75, 3.05) is 25.5 Å². The van der Waals surface area contributed by atoms with Crippen molar-refractivity contribution in [1.29, 1.82) is 0 Å². The number of hydrogen-bond acceptors (Lipinski definition) is 5. The van der Waals surface area contributed by atoms with Gasteiger partial charge in [-0.15, -0.1) is 0 Å². The molecule has 1 heterocycles. The molecule has 0 aromatic heterocycles. The standard InChI is InChI=1S/C21H22F3N3O4/c1-31-19-12-16(27(29)30)9-10-17(19)25-20(28)13-26-11-3-2-4-18(26)14-5-7-15(8-6-14)21(22,23)24/h5-10,12,18H,2-4,11,13H2,1H3,(H,25,28). The number of nitro benzene ring substituents is 1. The normalized spacial score (nSPS) is 17.2. The highest BCUT2D eigenvalue weighted by atomic mass is 19.4. The number of likely N-dealkylation sites (tertiary alicyclic amines) is 1. The molecule has 0 bridgehead atoms. The zero-order valence-electron chi connectivity index (χ0n) is 16.8. The predicted octanol–water partition coefficient (Wildman–Crippen LogP) is 4.79. The molecule has 1 unspecified atom stereocenters. The molecule has 0 radical (unpaired) electrons. The first kappa shape index (κ1) is 22.5. The van der Waals surface area contributed by atoms with Crippen molar-refractivity contribution in [1.82, 2.24) is 4.90 Å². The summed E-state index contributed by atoms with van der Waals surface area (Å²) in [6.45, 7) is 0.669. The minimum absolute atomic E-state index is 0.0336. The molecule has 7 nitrogen and oxygen atoms in total. The molecular formula is C21H22F3N3O4. The molecule has 0 spiro atoms. The van der Waals surface area contributed by atoms with Gasteiger partial charge in [0.2, 0.25) is 5.91 Å². The van der Waals surface area contributed by atoms with Gasteiger partial charge in [0.05, 0.1) is 35.9 Å². The highest BCUT2D eigenvalue weighted by Crippen LogP contribution is 2.34. The number of alkyl halides is 3. The number of non-ortho nitro benzene ring substituents is 1. The van der Waals surface area contributed by atoms with Gasteiger partial charge in [0.1, 0.15) is 5.75 Å². The molecule has 166 valence electrons. The SMILES string of the molecule is COc1cc([N+](=O)[O-])ccc1NC(=O)CN1CCCCC1c1ccc(C(F)(F)F)cc1. The van der Waals surface area contributed by atoms with Gasteiger partial charge in [-0.3, -0.25) is 19.8 Å². The van der Waals surface area contributed by atoms with E-state index in [0.717, 1.165) is 37.0 Å². The summed E-state index contributed by atoms with van der Waals surface area (Å²) in [5.74, 6) is -0.175. The topological polar surface area (TPSA) is 84.7 Å². The Balaban J connectivity index is 1.71. The molecule has 1 aliphatic heterocycles. The van der Waals surface area contributed by atoms with Crippen LogP contribution in [-0.4, -0.2) is 35.9 Å². The van der Waals surface area contributed by atoms with E-state index in [1.807, 2.05) is 4.90 Å². The third-order valence-corrected chi connectivity index (χ3v) is 5.25. The predicted molar refractivity (Wildman–Crippen MR) is 108 cm³/mol. The summed E-state index contributed by atoms with van der Waals surface area (Å²) < 4.78 is 43.6. The number of nitrogens with zero attached hydrogens (tertiary/aromatic N) is 2. The number of nitro groups is 1. The number of piperidine rings is 1. The van der Waals surface area contributed by atoms with Crippen LogP contribution in [0.2, 0.25) is 0 Å². The molecule has 3 rings (SSSR count). The van der Waals surface area contributed by atoms with Crippen LogP contribution in [0.15, 0.2) is 42.5 Å². The molecule has 0 saturated carbocycles. The minimum atomic E-state index is -4.39. The van der Waals surface area contributed by atoms with Crippen molar-refractivity contribution in [2.45, 2.75) is 31.5 Å². The lowest BCUT2D eigenvalue weighted by Crippen LogP contribution is -2.39. The average molecular weight is 437 g/mol. The van der Waals surface area contributed by atoms with E-state index in [0.29, 0.717) is 12.2 Å². The highest BCUT2D eigenvalue weighted by Gasteiger charge is 2.31. The number of benzene rings is 2. The van der Waals surface area contributed by atoms with Crippen LogP contribution in [0.5, 0.6) is 5.75 Å². The third kappa shape index (κ3) is 5.52. The van der Waals surface area contributed by atoms with Crippen molar-refractivity contribution in [3.05, 3.63) is 63.7 Å². The third-order valence-electron chi connectivity index (χ3n) is 5.25. The summed E-state index contributed by atoms with van der Waals surface area (Å²) in [6, 6.07) is 8.77. The lowest BCUT2D eigenvalue weighted by atomic mass is 9.94. The average Bonchev–Trinajstić information content (AvgIpc) is 2.73. The Kier molecular flexibility index (Phi) is 6.79. The maximum absolute atomic E-state index is 12.8. The Bertz CT molecular complexity index is 948. The summed E-state index contributed by atoms with van der Waals surface area (Å²) in [5.41, 5.74) is 0.171. The number of carbonyl (C=O) groups is 1. The molecule has 1 aliphatic rings. The van der Waals surface area contributed by atoms with Gasteiger partial charge in [-0.05, 0) is 43.1 Å². The number of rotatable bonds is 6. The molecule has 1 N–H and O–H groups in total. The smallest absolute Gasteiger partial charge is 0.416 e. The minimum Gasteiger partial charge on any atom is -0.494 e. The number of methoxy groups -OCH3 is 1. The molecule has 1 saturated heterocycles. The van der Waals surface area contributed by atoms with Crippen LogP contribution in [0.3, 0.4) is 0 Å². The van der Waals surface area contributed by atoms with Crippen LogP contribution in [0.25, 0.3) is 0 Å². The Labute approximate surface area is 177 Å². The molecule has 2 aromatic rings. The van der Waals surface area contributed by atoms with E-state index >= 15 is 0 Å². The van der Waals surface area contributed by atoms with Crippen molar-refractivity contribution in [3.8, 4) is 5.75 Å². The van der Waals surface area contributed by atoms with Crippen molar-refractivity contribution < 1.29 is 27.6 Å². The summed E-state index contributed by atoms with van der Waals surface area (Å²) in [4.78, 5) is 24.9. The van der Waals surface area contributed by atoms with Crippen LogP contribution < -0.4 is 10.1 Å². The van der Waals surface area contributed by atoms with E-state index in [1.54, 1.807) is 0 Å². The lowest BCUT2D eigenvalue weighted by molar-refractivity contribution is -0.384. The van der Waals surface area contributed by atoms with Crippen LogP contribution in [0.1, 0.15) is 36.4 Å². The van der Waals surface area contributed by atoms with E-state index < -0.39 is 16.7 Å². The van der Waals surface area contributed by atoms with Crippen LogP contribution in [0.4, 0.5) is 24.5 Å². The second-order valence-corrected chi connectivity index (χ2v) is 7.29. The van der Waals surface area contributed by atoms with Gasteiger partial charge < -0.3 is 10.1 Å². The van der Waals surface area contributed by atoms with Crippen molar-refractivity contribution >= 4 is 17.3 Å². The van der Waals surface area contributed by atoms with Gasteiger partial charge in [0.25, 0.3) is 5.69 Å². The Morgan fingerprint density at radius 1 is 1.23 bits per heavy atom. The van der Waals surface area contributed by atoms with Gasteiger partial charge in [-0.25, -0.2) is 0 Å². The van der Waals surface area contributed by atoms with Gasteiger partial charge in [0.15, 0.2) is 0 Å². The zero-order chi connectivity index (χ0) is 22.6. The molecular weight excluding hydrogens is 415 g/mol. The first-order valence-electron chi connectivity index (χ1n) is 9.72. The van der Waals surface area contributed by atoms with Crippen LogP contribution in [0, 0.1) is 10.1 Å². The monoisotopic (exact) mass is 437 g/mol. The summed E-state index contributed by atoms with van der Waals surface area (Å²) >= 11 is 0. The highest BCUT2D eigenvalue weighted by molar-refractivity contribution is 5.94. The second-order valence-electron chi connectivity index (χ2n) is 7.29. The number of ether oxygens (including phenoxy) is 1. The number of anilines is 1. The maximum atomic E-state index is 12.8. The zero-order valence-corrected chi connectivity index (χ0v) is 16.8. The summed E-state index contributed by atoms with van der Waals surface area (Å²) in [7, 11) is 1.35. The first-order chi connectivity index (χ1) is 14.7. The van der Waals surface area contributed by atoms with E-state index in [1.165, 1.54) is 37.4 Å². The number of hydrogen-bond donors (Lipinski definition) is 1. The van der Waals surface area contributed by atoms with E-state index in [9.17, 15) is 28.1 Å². The molecule has 31 heavy (non-hydrogen) atoms. The molecule has 1 amide bonds. The quantitative estimate of drug-likeness (QED) is 0.519. The Morgan fingerprint density at radius 3 is 2.55 bits per heavy atom. The number of carbonyl (C=O) groups excluding carboxylic acids is 1. The Hall–Kier alpha value is -3.14. The molecule has 1 fully saturated rings. The fraction of sp³-hybridized carbons (Fsp3) is 0.381. The Morgan fingerprint density at radius 2 is 1.94 bits per heavy atom.